The molecule has 0 spiro atoms. The lowest BCUT2D eigenvalue weighted by atomic mass is 9.92. The van der Waals surface area contributed by atoms with E-state index in [0.29, 0.717) is 24.0 Å². The Bertz CT molecular complexity index is 674. The summed E-state index contributed by atoms with van der Waals surface area (Å²) in [5.74, 6) is 1.43. The number of nitrogens with one attached hydrogen (secondary N) is 1. The Morgan fingerprint density at radius 2 is 2.17 bits per heavy atom. The number of hydrogen-bond acceptors (Lipinski definition) is 4. The summed E-state index contributed by atoms with van der Waals surface area (Å²) in [4.78, 5) is 20.6. The molecule has 2 heterocycles. The van der Waals surface area contributed by atoms with Crippen molar-refractivity contribution in [2.45, 2.75) is 38.6 Å². The Balaban J connectivity index is 1.55. The van der Waals surface area contributed by atoms with E-state index in [9.17, 15) is 4.79 Å². The molecule has 6 nitrogen and oxygen atoms in total. The second-order valence-electron chi connectivity index (χ2n) is 5.87. The first-order valence-electron chi connectivity index (χ1n) is 8.00. The molecule has 23 heavy (non-hydrogen) atoms. The molecule has 1 aliphatic rings. The van der Waals surface area contributed by atoms with Crippen LogP contribution in [0.3, 0.4) is 0 Å². The highest BCUT2D eigenvalue weighted by molar-refractivity contribution is 5.93. The minimum atomic E-state index is -0.126. The smallest absolute Gasteiger partial charge is 0.252 e. The summed E-state index contributed by atoms with van der Waals surface area (Å²) in [6.45, 7) is 2.66. The number of rotatable bonds is 6. The Hall–Kier alpha value is -2.37. The average Bonchev–Trinajstić information content (AvgIpc) is 2.87. The van der Waals surface area contributed by atoms with Crippen molar-refractivity contribution in [3.8, 4) is 5.88 Å². The van der Waals surface area contributed by atoms with Gasteiger partial charge in [0.05, 0.1) is 12.7 Å². The van der Waals surface area contributed by atoms with Gasteiger partial charge in [0.25, 0.3) is 5.91 Å². The van der Waals surface area contributed by atoms with E-state index in [4.69, 9.17) is 4.74 Å². The van der Waals surface area contributed by atoms with Gasteiger partial charge in [0.15, 0.2) is 0 Å². The fourth-order valence-corrected chi connectivity index (χ4v) is 2.85. The highest BCUT2D eigenvalue weighted by Gasteiger charge is 2.23. The number of carbonyl (C=O) groups is 1. The van der Waals surface area contributed by atoms with E-state index in [-0.39, 0.29) is 5.91 Å². The lowest BCUT2D eigenvalue weighted by Gasteiger charge is -2.29. The number of ether oxygens (including phenoxy) is 1. The number of aromatic nitrogens is 3. The second kappa shape index (κ2) is 6.81. The van der Waals surface area contributed by atoms with E-state index < -0.39 is 0 Å². The first-order valence-corrected chi connectivity index (χ1v) is 8.00. The Kier molecular flexibility index (Phi) is 4.60. The Morgan fingerprint density at radius 3 is 2.78 bits per heavy atom. The predicted octanol–water partition coefficient (Wildman–Crippen LogP) is 2.29. The van der Waals surface area contributed by atoms with Crippen molar-refractivity contribution in [3.63, 3.8) is 0 Å². The van der Waals surface area contributed by atoms with E-state index in [2.05, 4.69) is 26.8 Å². The topological polar surface area (TPSA) is 69.0 Å². The third-order valence-corrected chi connectivity index (χ3v) is 4.34. The van der Waals surface area contributed by atoms with Crippen LogP contribution in [0.4, 0.5) is 0 Å². The lowest BCUT2D eigenvalue weighted by molar-refractivity contribution is 0.0953. The van der Waals surface area contributed by atoms with Gasteiger partial charge in [-0.15, -0.1) is 0 Å². The van der Waals surface area contributed by atoms with Gasteiger partial charge in [-0.3, -0.25) is 4.79 Å². The molecule has 6 heteroatoms. The maximum Gasteiger partial charge on any atom is 0.252 e. The summed E-state index contributed by atoms with van der Waals surface area (Å²) in [7, 11) is 1.55. The Morgan fingerprint density at radius 1 is 1.35 bits per heavy atom. The van der Waals surface area contributed by atoms with Crippen molar-refractivity contribution >= 4 is 5.91 Å². The Labute approximate surface area is 135 Å². The molecule has 0 aliphatic heterocycles. The number of nitrogens with zero attached hydrogens (tertiary/aromatic N) is 3. The molecule has 0 bridgehead atoms. The normalized spacial score (nSPS) is 14.3. The van der Waals surface area contributed by atoms with Crippen LogP contribution in [0.1, 0.15) is 47.2 Å². The largest absolute Gasteiger partial charge is 0.481 e. The van der Waals surface area contributed by atoms with E-state index in [1.165, 1.54) is 31.2 Å². The molecular weight excluding hydrogens is 292 g/mol. The molecule has 1 saturated carbocycles. The summed E-state index contributed by atoms with van der Waals surface area (Å²) >= 11 is 0. The van der Waals surface area contributed by atoms with Gasteiger partial charge in [-0.25, -0.2) is 9.97 Å². The molecule has 2 aromatic rings. The van der Waals surface area contributed by atoms with Gasteiger partial charge in [-0.05, 0) is 32.3 Å². The highest BCUT2D eigenvalue weighted by atomic mass is 16.5. The van der Waals surface area contributed by atoms with Crippen molar-refractivity contribution in [1.82, 2.24) is 19.9 Å². The van der Waals surface area contributed by atoms with E-state index in [0.717, 1.165) is 12.2 Å². The molecule has 0 radical (unpaired) electrons. The summed E-state index contributed by atoms with van der Waals surface area (Å²) in [5.41, 5.74) is 1.74. The molecule has 1 amide bonds. The van der Waals surface area contributed by atoms with Crippen LogP contribution in [0.5, 0.6) is 5.88 Å². The second-order valence-corrected chi connectivity index (χ2v) is 5.87. The van der Waals surface area contributed by atoms with Crippen molar-refractivity contribution < 1.29 is 9.53 Å². The molecule has 0 unspecified atom stereocenters. The highest BCUT2D eigenvalue weighted by Crippen LogP contribution is 2.33. The quantitative estimate of drug-likeness (QED) is 0.888. The molecule has 3 rings (SSSR count). The van der Waals surface area contributed by atoms with E-state index in [1.807, 2.05) is 6.20 Å². The molecule has 1 aliphatic carbocycles. The first-order chi connectivity index (χ1) is 11.2. The zero-order valence-corrected chi connectivity index (χ0v) is 13.6. The number of pyridine rings is 1. The first kappa shape index (κ1) is 15.5. The molecule has 1 fully saturated rings. The fraction of sp³-hybridized carbons (Fsp3) is 0.471. The minimum absolute atomic E-state index is 0.126. The number of imidazole rings is 1. The maximum atomic E-state index is 12.1. The number of hydrogen-bond donors (Lipinski definition) is 1. The predicted molar refractivity (Wildman–Crippen MR) is 86.7 cm³/mol. The zero-order valence-electron chi connectivity index (χ0n) is 13.6. The van der Waals surface area contributed by atoms with Gasteiger partial charge in [0.1, 0.15) is 5.82 Å². The average molecular weight is 314 g/mol. The van der Waals surface area contributed by atoms with Gasteiger partial charge in [0, 0.05) is 43.2 Å². The third kappa shape index (κ3) is 3.36. The molecule has 0 atom stereocenters. The standard InChI is InChI=1S/C17H22N4O2/c1-12-10-19-15(21(12)14-4-3-5-14)8-9-18-17(22)13-6-7-16(23-2)20-11-13/h6-7,10-11,14H,3-5,8-9H2,1-2H3,(H,18,22). The van der Waals surface area contributed by atoms with Gasteiger partial charge in [-0.1, -0.05) is 0 Å². The van der Waals surface area contributed by atoms with Crippen LogP contribution in [-0.2, 0) is 6.42 Å². The van der Waals surface area contributed by atoms with Crippen LogP contribution < -0.4 is 10.1 Å². The van der Waals surface area contributed by atoms with Crippen molar-refractivity contribution in [2.24, 2.45) is 0 Å². The number of carbonyl (C=O) groups excluding carboxylic acids is 1. The van der Waals surface area contributed by atoms with Crippen LogP contribution in [-0.4, -0.2) is 34.1 Å². The molecule has 2 aromatic heterocycles. The van der Waals surface area contributed by atoms with Crippen molar-refractivity contribution in [1.29, 1.82) is 0 Å². The van der Waals surface area contributed by atoms with Crippen molar-refractivity contribution in [3.05, 3.63) is 41.6 Å². The van der Waals surface area contributed by atoms with Gasteiger partial charge >= 0.3 is 0 Å². The SMILES string of the molecule is COc1ccc(C(=O)NCCc2ncc(C)n2C2CCC2)cn1. The van der Waals surface area contributed by atoms with Crippen molar-refractivity contribution in [2.75, 3.05) is 13.7 Å². The van der Waals surface area contributed by atoms with Crippen LogP contribution in [0, 0.1) is 6.92 Å². The van der Waals surface area contributed by atoms with Crippen LogP contribution in [0.25, 0.3) is 0 Å². The monoisotopic (exact) mass is 314 g/mol. The van der Waals surface area contributed by atoms with Gasteiger partial charge in [0.2, 0.25) is 5.88 Å². The van der Waals surface area contributed by atoms with Gasteiger partial charge in [-0.2, -0.15) is 0 Å². The summed E-state index contributed by atoms with van der Waals surface area (Å²) in [6, 6.07) is 3.98. The van der Waals surface area contributed by atoms with Gasteiger partial charge < -0.3 is 14.6 Å². The zero-order chi connectivity index (χ0) is 16.2. The summed E-state index contributed by atoms with van der Waals surface area (Å²) in [5, 5.41) is 2.92. The summed E-state index contributed by atoms with van der Waals surface area (Å²) in [6.07, 6.45) is 7.93. The third-order valence-electron chi connectivity index (χ3n) is 4.34. The minimum Gasteiger partial charge on any atom is -0.481 e. The number of aryl methyl sites for hydroxylation is 1. The van der Waals surface area contributed by atoms with Crippen LogP contribution in [0.15, 0.2) is 24.5 Å². The molecule has 122 valence electrons. The molecule has 0 aromatic carbocycles. The molecular formula is C17H22N4O2. The van der Waals surface area contributed by atoms with Crippen LogP contribution >= 0.6 is 0 Å². The molecule has 1 N–H and O–H groups in total. The van der Waals surface area contributed by atoms with E-state index in [1.54, 1.807) is 19.2 Å². The summed E-state index contributed by atoms with van der Waals surface area (Å²) < 4.78 is 7.31. The maximum absolute atomic E-state index is 12.1. The lowest BCUT2D eigenvalue weighted by Crippen LogP contribution is -2.28. The fourth-order valence-electron chi connectivity index (χ4n) is 2.85. The number of amides is 1. The van der Waals surface area contributed by atoms with E-state index >= 15 is 0 Å². The van der Waals surface area contributed by atoms with Crippen LogP contribution in [0.2, 0.25) is 0 Å². The number of methoxy groups -OCH3 is 1. The molecule has 0 saturated heterocycles.